The van der Waals surface area contributed by atoms with Crippen LogP contribution in [0.3, 0.4) is 0 Å². The van der Waals surface area contributed by atoms with E-state index in [1.807, 2.05) is 59.5 Å². The van der Waals surface area contributed by atoms with Crippen molar-refractivity contribution in [3.05, 3.63) is 94.8 Å². The highest BCUT2D eigenvalue weighted by Crippen LogP contribution is 2.27. The number of aromatic nitrogens is 5. The monoisotopic (exact) mass is 478 g/mol. The predicted molar refractivity (Wildman–Crippen MR) is 141 cm³/mol. The highest BCUT2D eigenvalue weighted by atomic mass is 16.1. The van der Waals surface area contributed by atoms with Crippen LogP contribution < -0.4 is 5.32 Å². The maximum Gasteiger partial charge on any atom is 0.185 e. The third kappa shape index (κ3) is 4.20. The number of rotatable bonds is 6. The van der Waals surface area contributed by atoms with Gasteiger partial charge in [-0.2, -0.15) is 5.10 Å². The van der Waals surface area contributed by atoms with Crippen molar-refractivity contribution in [3.8, 4) is 0 Å². The second-order valence-electron chi connectivity index (χ2n) is 9.78. The Kier molecular flexibility index (Phi) is 5.85. The predicted octanol–water partition coefficient (Wildman–Crippen LogP) is 4.64. The Bertz CT molecular complexity index is 1570. The lowest BCUT2D eigenvalue weighted by Crippen LogP contribution is -2.26. The Morgan fingerprint density at radius 2 is 1.92 bits per heavy atom. The molecule has 1 N–H and O–H groups in total. The SMILES string of the molecule is Cc1cccc(Cn2nc(C)c3c(CC(=O)c4cnc5cc(C6CCNCC6)ccn45)cccc32)n1. The Hall–Kier alpha value is -3.84. The molecule has 7 nitrogen and oxygen atoms in total. The summed E-state index contributed by atoms with van der Waals surface area (Å²) in [5.41, 5.74) is 7.65. The van der Waals surface area contributed by atoms with Crippen LogP contribution >= 0.6 is 0 Å². The summed E-state index contributed by atoms with van der Waals surface area (Å²) < 4.78 is 3.91. The minimum absolute atomic E-state index is 0.0529. The Balaban J connectivity index is 1.28. The molecule has 1 aromatic carbocycles. The molecule has 0 bridgehead atoms. The largest absolute Gasteiger partial charge is 0.317 e. The van der Waals surface area contributed by atoms with Gasteiger partial charge in [0.1, 0.15) is 11.3 Å². The van der Waals surface area contributed by atoms with Gasteiger partial charge in [0.15, 0.2) is 5.78 Å². The summed E-state index contributed by atoms with van der Waals surface area (Å²) in [6.45, 7) is 6.70. The van der Waals surface area contributed by atoms with Gasteiger partial charge in [-0.05, 0) is 87.2 Å². The smallest absolute Gasteiger partial charge is 0.185 e. The second kappa shape index (κ2) is 9.32. The van der Waals surface area contributed by atoms with Gasteiger partial charge in [-0.15, -0.1) is 0 Å². The van der Waals surface area contributed by atoms with Gasteiger partial charge in [-0.1, -0.05) is 18.2 Å². The molecule has 0 spiro atoms. The fraction of sp³-hybridized carbons (Fsp3) is 0.310. The normalized spacial score (nSPS) is 14.6. The molecule has 5 aromatic rings. The van der Waals surface area contributed by atoms with E-state index >= 15 is 0 Å². The van der Waals surface area contributed by atoms with Crippen LogP contribution in [-0.4, -0.2) is 43.0 Å². The lowest BCUT2D eigenvalue weighted by atomic mass is 9.91. The average molecular weight is 479 g/mol. The molecule has 0 unspecified atom stereocenters. The van der Waals surface area contributed by atoms with Gasteiger partial charge in [0, 0.05) is 23.7 Å². The Morgan fingerprint density at radius 3 is 2.75 bits per heavy atom. The first-order chi connectivity index (χ1) is 17.6. The van der Waals surface area contributed by atoms with Gasteiger partial charge in [0.25, 0.3) is 0 Å². The molecule has 36 heavy (non-hydrogen) atoms. The van der Waals surface area contributed by atoms with Crippen LogP contribution in [-0.2, 0) is 13.0 Å². The first-order valence-electron chi connectivity index (χ1n) is 12.7. The molecule has 1 fully saturated rings. The molecule has 1 aliphatic heterocycles. The molecule has 1 aliphatic rings. The van der Waals surface area contributed by atoms with E-state index in [1.165, 1.54) is 5.56 Å². The molecular formula is C29H30N6O. The topological polar surface area (TPSA) is 77.1 Å². The van der Waals surface area contributed by atoms with Crippen molar-refractivity contribution in [1.82, 2.24) is 29.5 Å². The molecule has 7 heteroatoms. The van der Waals surface area contributed by atoms with Crippen molar-refractivity contribution >= 4 is 22.3 Å². The number of nitrogens with one attached hydrogen (secondary N) is 1. The number of fused-ring (bicyclic) bond motifs is 2. The molecular weight excluding hydrogens is 448 g/mol. The van der Waals surface area contributed by atoms with E-state index in [1.54, 1.807) is 6.20 Å². The fourth-order valence-corrected chi connectivity index (χ4v) is 5.49. The lowest BCUT2D eigenvalue weighted by Gasteiger charge is -2.22. The summed E-state index contributed by atoms with van der Waals surface area (Å²) in [5.74, 6) is 0.608. The molecule has 182 valence electrons. The average Bonchev–Trinajstić information content (AvgIpc) is 3.46. The molecule has 0 atom stereocenters. The highest BCUT2D eigenvalue weighted by molar-refractivity contribution is 5.99. The van der Waals surface area contributed by atoms with Crippen molar-refractivity contribution in [2.45, 2.75) is 45.6 Å². The minimum Gasteiger partial charge on any atom is -0.317 e. The van der Waals surface area contributed by atoms with E-state index in [0.29, 0.717) is 24.6 Å². The van der Waals surface area contributed by atoms with E-state index in [-0.39, 0.29) is 5.78 Å². The van der Waals surface area contributed by atoms with Crippen LogP contribution in [0.15, 0.2) is 60.9 Å². The van der Waals surface area contributed by atoms with E-state index < -0.39 is 0 Å². The summed E-state index contributed by atoms with van der Waals surface area (Å²) in [6, 6.07) is 16.4. The zero-order valence-electron chi connectivity index (χ0n) is 20.7. The van der Waals surface area contributed by atoms with Gasteiger partial charge < -0.3 is 5.32 Å². The first-order valence-corrected chi connectivity index (χ1v) is 12.7. The van der Waals surface area contributed by atoms with Gasteiger partial charge in [-0.25, -0.2) is 4.98 Å². The summed E-state index contributed by atoms with van der Waals surface area (Å²) >= 11 is 0. The van der Waals surface area contributed by atoms with Crippen molar-refractivity contribution in [3.63, 3.8) is 0 Å². The van der Waals surface area contributed by atoms with Crippen LogP contribution in [0, 0.1) is 13.8 Å². The van der Waals surface area contributed by atoms with Crippen molar-refractivity contribution in [2.24, 2.45) is 0 Å². The summed E-state index contributed by atoms with van der Waals surface area (Å²) in [5, 5.41) is 9.26. The first kappa shape index (κ1) is 22.6. The maximum absolute atomic E-state index is 13.5. The number of Topliss-reactive ketones (excluding diaryl/α,β-unsaturated/α-hetero) is 1. The second-order valence-corrected chi connectivity index (χ2v) is 9.78. The van der Waals surface area contributed by atoms with Crippen molar-refractivity contribution < 1.29 is 4.79 Å². The summed E-state index contributed by atoms with van der Waals surface area (Å²) in [6.07, 6.45) is 6.30. The van der Waals surface area contributed by atoms with Crippen LogP contribution in [0.1, 0.15) is 57.5 Å². The molecule has 0 amide bonds. The third-order valence-corrected chi connectivity index (χ3v) is 7.28. The Labute approximate surface area is 210 Å². The number of pyridine rings is 2. The lowest BCUT2D eigenvalue weighted by molar-refractivity contribution is 0.0987. The zero-order chi connectivity index (χ0) is 24.6. The van der Waals surface area contributed by atoms with Crippen LogP contribution in [0.5, 0.6) is 0 Å². The standard InChI is InChI=1S/C29H30N6O/c1-19-5-3-7-24(32-19)18-35-25-8-4-6-23(29(25)20(2)33-35)15-27(36)26-17-31-28-16-22(11-14-34(26)28)21-9-12-30-13-10-21/h3-8,11,14,16-17,21,30H,9-10,12-13,15,18H2,1-2H3. The minimum atomic E-state index is 0.0529. The van der Waals surface area contributed by atoms with E-state index in [2.05, 4.69) is 33.5 Å². The van der Waals surface area contributed by atoms with Crippen LogP contribution in [0.4, 0.5) is 0 Å². The van der Waals surface area contributed by atoms with Crippen LogP contribution in [0.25, 0.3) is 16.6 Å². The Morgan fingerprint density at radius 1 is 1.08 bits per heavy atom. The number of benzene rings is 1. The molecule has 0 radical (unpaired) electrons. The van der Waals surface area contributed by atoms with Gasteiger partial charge in [0.05, 0.1) is 29.6 Å². The molecule has 4 aromatic heterocycles. The quantitative estimate of drug-likeness (QED) is 0.360. The van der Waals surface area contributed by atoms with E-state index in [4.69, 9.17) is 5.10 Å². The van der Waals surface area contributed by atoms with Crippen molar-refractivity contribution in [2.75, 3.05) is 13.1 Å². The molecule has 5 heterocycles. The summed E-state index contributed by atoms with van der Waals surface area (Å²) in [4.78, 5) is 22.7. The third-order valence-electron chi connectivity index (χ3n) is 7.28. The molecule has 1 saturated heterocycles. The van der Waals surface area contributed by atoms with Gasteiger partial charge in [-0.3, -0.25) is 18.9 Å². The number of piperidine rings is 1. The maximum atomic E-state index is 13.5. The number of carbonyl (C=O) groups is 1. The van der Waals surface area contributed by atoms with Gasteiger partial charge in [0.2, 0.25) is 0 Å². The van der Waals surface area contributed by atoms with Gasteiger partial charge >= 0.3 is 0 Å². The van der Waals surface area contributed by atoms with Crippen molar-refractivity contribution in [1.29, 1.82) is 0 Å². The fourth-order valence-electron chi connectivity index (χ4n) is 5.49. The number of nitrogens with zero attached hydrogens (tertiary/aromatic N) is 5. The number of carbonyl (C=O) groups excluding carboxylic acids is 1. The molecule has 0 aliphatic carbocycles. The number of hydrogen-bond acceptors (Lipinski definition) is 5. The summed E-state index contributed by atoms with van der Waals surface area (Å²) in [7, 11) is 0. The highest BCUT2D eigenvalue weighted by Gasteiger charge is 2.20. The van der Waals surface area contributed by atoms with E-state index in [9.17, 15) is 4.79 Å². The number of hydrogen-bond donors (Lipinski definition) is 1. The number of imidazole rings is 1. The number of aryl methyl sites for hydroxylation is 2. The number of ketones is 1. The van der Waals surface area contributed by atoms with E-state index in [0.717, 1.165) is 65.1 Å². The zero-order valence-corrected chi connectivity index (χ0v) is 20.7. The van der Waals surface area contributed by atoms with Crippen LogP contribution in [0.2, 0.25) is 0 Å². The molecule has 0 saturated carbocycles. The molecule has 6 rings (SSSR count).